The van der Waals surface area contributed by atoms with E-state index in [1.165, 1.54) is 0 Å². The summed E-state index contributed by atoms with van der Waals surface area (Å²) in [4.78, 5) is 4.21. The Bertz CT molecular complexity index is 512. The van der Waals surface area contributed by atoms with Gasteiger partial charge in [0.2, 0.25) is 15.9 Å². The van der Waals surface area contributed by atoms with E-state index in [0.717, 1.165) is 19.3 Å². The van der Waals surface area contributed by atoms with E-state index in [-0.39, 0.29) is 11.7 Å². The lowest BCUT2D eigenvalue weighted by Gasteiger charge is -2.30. The summed E-state index contributed by atoms with van der Waals surface area (Å²) < 4.78 is 31.1. The molecular formula is C12H21N3O3S. The van der Waals surface area contributed by atoms with Crippen LogP contribution in [0.5, 0.6) is 0 Å². The smallest absolute Gasteiger partial charge is 0.231 e. The summed E-state index contributed by atoms with van der Waals surface area (Å²) in [5.74, 6) is 1.43. The molecule has 6 nitrogen and oxygen atoms in total. The monoisotopic (exact) mass is 287 g/mol. The van der Waals surface area contributed by atoms with Crippen LogP contribution in [0.4, 0.5) is 0 Å². The quantitative estimate of drug-likeness (QED) is 0.823. The van der Waals surface area contributed by atoms with Gasteiger partial charge in [-0.25, -0.2) is 12.7 Å². The fourth-order valence-corrected chi connectivity index (χ4v) is 4.06. The molecule has 7 heteroatoms. The van der Waals surface area contributed by atoms with Crippen LogP contribution in [0, 0.1) is 6.92 Å². The zero-order chi connectivity index (χ0) is 13.9. The lowest BCUT2D eigenvalue weighted by Crippen LogP contribution is -2.40. The minimum absolute atomic E-state index is 0.0337. The highest BCUT2D eigenvalue weighted by Crippen LogP contribution is 2.27. The number of piperidine rings is 1. The molecule has 1 atom stereocenters. The molecule has 0 saturated carbocycles. The van der Waals surface area contributed by atoms with Gasteiger partial charge in [0, 0.05) is 13.1 Å². The molecule has 1 saturated heterocycles. The van der Waals surface area contributed by atoms with E-state index in [4.69, 9.17) is 4.52 Å². The van der Waals surface area contributed by atoms with Gasteiger partial charge in [-0.15, -0.1) is 0 Å². The molecule has 2 heterocycles. The van der Waals surface area contributed by atoms with Gasteiger partial charge in [-0.2, -0.15) is 4.98 Å². The predicted octanol–water partition coefficient (Wildman–Crippen LogP) is 1.69. The van der Waals surface area contributed by atoms with Gasteiger partial charge in [-0.1, -0.05) is 18.5 Å². The van der Waals surface area contributed by atoms with Crippen LogP contribution < -0.4 is 0 Å². The second-order valence-corrected chi connectivity index (χ2v) is 7.14. The highest BCUT2D eigenvalue weighted by molar-refractivity contribution is 7.89. The normalized spacial score (nSPS) is 21.7. The zero-order valence-corrected chi connectivity index (χ0v) is 12.3. The van der Waals surface area contributed by atoms with Crippen LogP contribution >= 0.6 is 0 Å². The maximum Gasteiger partial charge on any atom is 0.231 e. The van der Waals surface area contributed by atoms with E-state index in [9.17, 15) is 8.42 Å². The molecule has 1 aromatic heterocycles. The molecule has 0 spiro atoms. The number of aromatic nitrogens is 2. The molecule has 1 fully saturated rings. The van der Waals surface area contributed by atoms with E-state index in [0.29, 0.717) is 31.2 Å². The Kier molecular flexibility index (Phi) is 4.57. The lowest BCUT2D eigenvalue weighted by molar-refractivity contribution is 0.265. The van der Waals surface area contributed by atoms with Gasteiger partial charge in [0.25, 0.3) is 0 Å². The standard InChI is InChI=1S/C12H21N3O3S/c1-3-4-8-19(16,17)15-7-5-6-11(9-15)12-13-10(2)14-18-12/h11H,3-9H2,1-2H3/t11-/m1/s1. The summed E-state index contributed by atoms with van der Waals surface area (Å²) in [6, 6.07) is 0. The highest BCUT2D eigenvalue weighted by Gasteiger charge is 2.31. The first-order chi connectivity index (χ1) is 9.03. The molecule has 0 bridgehead atoms. The first-order valence-electron chi connectivity index (χ1n) is 6.81. The van der Waals surface area contributed by atoms with Crippen LogP contribution in [0.15, 0.2) is 4.52 Å². The number of rotatable bonds is 5. The van der Waals surface area contributed by atoms with Crippen molar-refractivity contribution >= 4 is 10.0 Å². The van der Waals surface area contributed by atoms with Crippen molar-refractivity contribution in [2.75, 3.05) is 18.8 Å². The molecule has 1 aromatic rings. The third kappa shape index (κ3) is 3.54. The fourth-order valence-electron chi connectivity index (χ4n) is 2.33. The van der Waals surface area contributed by atoms with Crippen LogP contribution in [-0.2, 0) is 10.0 Å². The molecule has 0 aliphatic carbocycles. The molecular weight excluding hydrogens is 266 g/mol. The van der Waals surface area contributed by atoms with E-state index in [2.05, 4.69) is 10.1 Å². The van der Waals surface area contributed by atoms with Gasteiger partial charge in [-0.3, -0.25) is 0 Å². The summed E-state index contributed by atoms with van der Waals surface area (Å²) in [5, 5.41) is 3.77. The molecule has 0 radical (unpaired) electrons. The fraction of sp³-hybridized carbons (Fsp3) is 0.833. The number of sulfonamides is 1. The van der Waals surface area contributed by atoms with Crippen molar-refractivity contribution in [3.05, 3.63) is 11.7 Å². The Labute approximate surface area is 114 Å². The van der Waals surface area contributed by atoms with Crippen LogP contribution in [0.2, 0.25) is 0 Å². The van der Waals surface area contributed by atoms with E-state index < -0.39 is 10.0 Å². The number of aryl methyl sites for hydroxylation is 1. The van der Waals surface area contributed by atoms with Gasteiger partial charge < -0.3 is 4.52 Å². The first-order valence-corrected chi connectivity index (χ1v) is 8.42. The number of hydrogen-bond donors (Lipinski definition) is 0. The molecule has 19 heavy (non-hydrogen) atoms. The molecule has 2 rings (SSSR count). The van der Waals surface area contributed by atoms with Crippen LogP contribution in [0.25, 0.3) is 0 Å². The molecule has 0 aromatic carbocycles. The van der Waals surface area contributed by atoms with E-state index in [1.807, 2.05) is 6.92 Å². The third-order valence-corrected chi connectivity index (χ3v) is 5.35. The maximum atomic E-state index is 12.2. The topological polar surface area (TPSA) is 76.3 Å². The Morgan fingerprint density at radius 3 is 2.89 bits per heavy atom. The zero-order valence-electron chi connectivity index (χ0n) is 11.5. The minimum atomic E-state index is -3.14. The number of hydrogen-bond acceptors (Lipinski definition) is 5. The van der Waals surface area contributed by atoms with Crippen LogP contribution in [0.1, 0.15) is 50.2 Å². The summed E-state index contributed by atoms with van der Waals surface area (Å²) in [7, 11) is -3.14. The Balaban J connectivity index is 2.05. The predicted molar refractivity (Wildman–Crippen MR) is 71.3 cm³/mol. The van der Waals surface area contributed by atoms with Crippen molar-refractivity contribution in [1.29, 1.82) is 0 Å². The largest absolute Gasteiger partial charge is 0.339 e. The van der Waals surface area contributed by atoms with Gasteiger partial charge >= 0.3 is 0 Å². The Hall–Kier alpha value is -0.950. The summed E-state index contributed by atoms with van der Waals surface area (Å²) in [6.07, 6.45) is 3.35. The summed E-state index contributed by atoms with van der Waals surface area (Å²) in [6.45, 7) is 4.84. The van der Waals surface area contributed by atoms with Gasteiger partial charge in [-0.05, 0) is 26.2 Å². The van der Waals surface area contributed by atoms with Crippen molar-refractivity contribution in [3.63, 3.8) is 0 Å². The van der Waals surface area contributed by atoms with Crippen molar-refractivity contribution in [2.45, 2.75) is 45.4 Å². The second-order valence-electron chi connectivity index (χ2n) is 5.05. The SMILES string of the molecule is CCCCS(=O)(=O)N1CCC[C@@H](c2nc(C)no2)C1. The maximum absolute atomic E-state index is 12.2. The Morgan fingerprint density at radius 1 is 1.47 bits per heavy atom. The molecule has 1 aliphatic rings. The minimum Gasteiger partial charge on any atom is -0.339 e. The van der Waals surface area contributed by atoms with E-state index in [1.54, 1.807) is 11.2 Å². The average Bonchev–Trinajstić information content (AvgIpc) is 2.83. The van der Waals surface area contributed by atoms with Crippen molar-refractivity contribution in [2.24, 2.45) is 0 Å². The molecule has 0 amide bonds. The summed E-state index contributed by atoms with van der Waals surface area (Å²) in [5.41, 5.74) is 0. The molecule has 0 unspecified atom stereocenters. The van der Waals surface area contributed by atoms with Crippen LogP contribution in [0.3, 0.4) is 0 Å². The third-order valence-electron chi connectivity index (χ3n) is 3.43. The molecule has 0 N–H and O–H groups in total. The lowest BCUT2D eigenvalue weighted by atomic mass is 10.00. The highest BCUT2D eigenvalue weighted by atomic mass is 32.2. The average molecular weight is 287 g/mol. The second kappa shape index (κ2) is 6.00. The number of nitrogens with zero attached hydrogens (tertiary/aromatic N) is 3. The molecule has 1 aliphatic heterocycles. The van der Waals surface area contributed by atoms with Gasteiger partial charge in [0.05, 0.1) is 11.7 Å². The van der Waals surface area contributed by atoms with Crippen LogP contribution in [-0.4, -0.2) is 41.7 Å². The Morgan fingerprint density at radius 2 is 2.26 bits per heavy atom. The van der Waals surface area contributed by atoms with E-state index >= 15 is 0 Å². The van der Waals surface area contributed by atoms with Gasteiger partial charge in [0.1, 0.15) is 0 Å². The number of unbranched alkanes of at least 4 members (excludes halogenated alkanes) is 1. The van der Waals surface area contributed by atoms with Crippen molar-refractivity contribution in [3.8, 4) is 0 Å². The van der Waals surface area contributed by atoms with Crippen molar-refractivity contribution in [1.82, 2.24) is 14.4 Å². The molecule has 108 valence electrons. The van der Waals surface area contributed by atoms with Gasteiger partial charge in [0.15, 0.2) is 5.82 Å². The van der Waals surface area contributed by atoms with Crippen molar-refractivity contribution < 1.29 is 12.9 Å². The first kappa shape index (κ1) is 14.5. The summed E-state index contributed by atoms with van der Waals surface area (Å²) >= 11 is 0.